The maximum atomic E-state index is 12.7. The lowest BCUT2D eigenvalue weighted by Gasteiger charge is -2.48. The first kappa shape index (κ1) is 23.9. The van der Waals surface area contributed by atoms with Gasteiger partial charge in [-0.15, -0.1) is 0 Å². The van der Waals surface area contributed by atoms with Gasteiger partial charge in [-0.2, -0.15) is 25.0 Å². The standard InChI is InChI=1S/C25H32N10O/c1-6-19-15-32(24-28-25(36)31(5)23-13-18(8-10-26)30-35(23)24)17(4)14-33(19)21(7-2)20-9-11-34-22(27-20)12-16(3)29-34/h9,11-13,17,19,21H,6-8,14-15H2,1-5H3/t17-,19+,21-/m0/s1. The average molecular weight is 489 g/mol. The molecule has 0 amide bonds. The SMILES string of the molecule is CC[C@@H]1CN(c2nc(=O)n(C)c3cc(CC#N)nn23)[C@@H](C)CN1[C@@H](CC)c1ccn2nc(C)cc2n1. The Kier molecular flexibility index (Phi) is 6.22. The van der Waals surface area contributed by atoms with Crippen LogP contribution < -0.4 is 10.6 Å². The molecule has 0 aromatic carbocycles. The van der Waals surface area contributed by atoms with Crippen molar-refractivity contribution in [2.24, 2.45) is 7.05 Å². The van der Waals surface area contributed by atoms with E-state index in [1.165, 1.54) is 4.57 Å². The van der Waals surface area contributed by atoms with Crippen LogP contribution >= 0.6 is 0 Å². The number of nitrogens with zero attached hydrogens (tertiary/aromatic N) is 10. The highest BCUT2D eigenvalue weighted by Crippen LogP contribution is 2.32. The van der Waals surface area contributed by atoms with E-state index in [4.69, 9.17) is 10.2 Å². The molecule has 4 aromatic heterocycles. The molecule has 1 aliphatic rings. The number of nitriles is 1. The van der Waals surface area contributed by atoms with Crippen LogP contribution in [0.15, 0.2) is 29.2 Å². The molecule has 0 aliphatic carbocycles. The Balaban J connectivity index is 1.50. The normalized spacial score (nSPS) is 19.7. The molecular formula is C25H32N10O. The fraction of sp³-hybridized carbons (Fsp3) is 0.520. The smallest absolute Gasteiger partial charge is 0.335 e. The Hall–Kier alpha value is -3.78. The van der Waals surface area contributed by atoms with E-state index in [9.17, 15) is 4.79 Å². The molecule has 11 nitrogen and oxygen atoms in total. The Morgan fingerprint density at radius 3 is 2.72 bits per heavy atom. The minimum absolute atomic E-state index is 0.0919. The van der Waals surface area contributed by atoms with Crippen molar-refractivity contribution >= 4 is 17.2 Å². The first-order valence-electron chi connectivity index (χ1n) is 12.5. The van der Waals surface area contributed by atoms with E-state index < -0.39 is 0 Å². The highest BCUT2D eigenvalue weighted by Gasteiger charge is 2.37. The number of piperazine rings is 1. The number of rotatable bonds is 6. The van der Waals surface area contributed by atoms with Crippen molar-refractivity contribution in [3.05, 3.63) is 52.0 Å². The van der Waals surface area contributed by atoms with Crippen LogP contribution in [0.3, 0.4) is 0 Å². The Bertz CT molecular complexity index is 1510. The van der Waals surface area contributed by atoms with Crippen molar-refractivity contribution in [1.82, 2.24) is 38.7 Å². The van der Waals surface area contributed by atoms with E-state index in [2.05, 4.69) is 57.9 Å². The maximum absolute atomic E-state index is 12.7. The second-order valence-electron chi connectivity index (χ2n) is 9.62. The lowest BCUT2D eigenvalue weighted by Crippen LogP contribution is -2.59. The summed E-state index contributed by atoms with van der Waals surface area (Å²) in [6, 6.07) is 8.52. The van der Waals surface area contributed by atoms with Crippen molar-refractivity contribution in [3.8, 4) is 6.07 Å². The van der Waals surface area contributed by atoms with Crippen LogP contribution in [0.5, 0.6) is 0 Å². The third-order valence-electron chi connectivity index (χ3n) is 7.23. The highest BCUT2D eigenvalue weighted by molar-refractivity contribution is 5.48. The van der Waals surface area contributed by atoms with Crippen LogP contribution in [0.2, 0.25) is 0 Å². The van der Waals surface area contributed by atoms with Crippen LogP contribution in [0.25, 0.3) is 11.3 Å². The highest BCUT2D eigenvalue weighted by atomic mass is 16.1. The molecule has 11 heteroatoms. The summed E-state index contributed by atoms with van der Waals surface area (Å²) in [5, 5.41) is 18.2. The van der Waals surface area contributed by atoms with E-state index in [1.807, 2.05) is 23.7 Å². The van der Waals surface area contributed by atoms with Gasteiger partial charge < -0.3 is 4.90 Å². The van der Waals surface area contributed by atoms with Crippen LogP contribution in [-0.4, -0.2) is 63.8 Å². The first-order valence-corrected chi connectivity index (χ1v) is 12.5. The molecule has 1 fully saturated rings. The second kappa shape index (κ2) is 9.35. The Morgan fingerprint density at radius 1 is 1.19 bits per heavy atom. The van der Waals surface area contributed by atoms with Crippen molar-refractivity contribution in [2.45, 2.75) is 65.1 Å². The summed E-state index contributed by atoms with van der Waals surface area (Å²) < 4.78 is 5.01. The number of hydrogen-bond donors (Lipinski definition) is 0. The summed E-state index contributed by atoms with van der Waals surface area (Å²) in [4.78, 5) is 26.8. The molecule has 1 aliphatic heterocycles. The van der Waals surface area contributed by atoms with Crippen molar-refractivity contribution in [3.63, 3.8) is 0 Å². The third kappa shape index (κ3) is 4.01. The number of hydrogen-bond acceptors (Lipinski definition) is 8. The summed E-state index contributed by atoms with van der Waals surface area (Å²) in [7, 11) is 1.68. The van der Waals surface area contributed by atoms with Crippen LogP contribution in [0, 0.1) is 18.3 Å². The lowest BCUT2D eigenvalue weighted by atomic mass is 9.99. The van der Waals surface area contributed by atoms with E-state index in [-0.39, 0.29) is 30.2 Å². The molecule has 4 aromatic rings. The molecule has 5 heterocycles. The minimum Gasteiger partial charge on any atom is -0.335 e. The predicted molar refractivity (Wildman–Crippen MR) is 136 cm³/mol. The molecule has 0 radical (unpaired) electrons. The molecule has 188 valence electrons. The Labute approximate surface area is 209 Å². The van der Waals surface area contributed by atoms with Crippen molar-refractivity contribution < 1.29 is 0 Å². The maximum Gasteiger partial charge on any atom is 0.352 e. The van der Waals surface area contributed by atoms with Crippen LogP contribution in [-0.2, 0) is 13.5 Å². The Morgan fingerprint density at radius 2 is 2.00 bits per heavy atom. The summed E-state index contributed by atoms with van der Waals surface area (Å²) in [6.45, 7) is 10.0. The second-order valence-corrected chi connectivity index (χ2v) is 9.62. The summed E-state index contributed by atoms with van der Waals surface area (Å²) >= 11 is 0. The van der Waals surface area contributed by atoms with E-state index in [0.29, 0.717) is 23.8 Å². The number of aryl methyl sites for hydroxylation is 2. The van der Waals surface area contributed by atoms with Gasteiger partial charge >= 0.3 is 5.69 Å². The summed E-state index contributed by atoms with van der Waals surface area (Å²) in [6.07, 6.45) is 4.05. The van der Waals surface area contributed by atoms with E-state index >= 15 is 0 Å². The van der Waals surface area contributed by atoms with Gasteiger partial charge in [-0.05, 0) is 32.8 Å². The van der Waals surface area contributed by atoms with Gasteiger partial charge in [0, 0.05) is 50.6 Å². The van der Waals surface area contributed by atoms with Gasteiger partial charge in [0.25, 0.3) is 0 Å². The van der Waals surface area contributed by atoms with E-state index in [0.717, 1.165) is 36.4 Å². The molecule has 1 saturated heterocycles. The minimum atomic E-state index is -0.330. The fourth-order valence-corrected chi connectivity index (χ4v) is 5.36. The molecule has 36 heavy (non-hydrogen) atoms. The monoisotopic (exact) mass is 488 g/mol. The number of fused-ring (bicyclic) bond motifs is 2. The van der Waals surface area contributed by atoms with Gasteiger partial charge in [0.15, 0.2) is 5.65 Å². The fourth-order valence-electron chi connectivity index (χ4n) is 5.36. The van der Waals surface area contributed by atoms with Gasteiger partial charge in [0.2, 0.25) is 5.95 Å². The molecular weight excluding hydrogens is 456 g/mol. The molecule has 0 saturated carbocycles. The van der Waals surface area contributed by atoms with Gasteiger partial charge in [0.1, 0.15) is 5.65 Å². The number of anilines is 1. The van der Waals surface area contributed by atoms with E-state index in [1.54, 1.807) is 17.6 Å². The molecule has 0 bridgehead atoms. The molecule has 0 spiro atoms. The zero-order chi connectivity index (χ0) is 25.6. The molecule has 0 N–H and O–H groups in total. The zero-order valence-electron chi connectivity index (χ0n) is 21.5. The summed E-state index contributed by atoms with van der Waals surface area (Å²) in [5.74, 6) is 0.533. The third-order valence-corrected chi connectivity index (χ3v) is 7.23. The first-order chi connectivity index (χ1) is 17.3. The average Bonchev–Trinajstić information content (AvgIpc) is 3.45. The van der Waals surface area contributed by atoms with Crippen LogP contribution in [0.4, 0.5) is 5.95 Å². The zero-order valence-corrected chi connectivity index (χ0v) is 21.5. The van der Waals surface area contributed by atoms with Gasteiger partial charge in [-0.25, -0.2) is 14.3 Å². The quantitative estimate of drug-likeness (QED) is 0.406. The van der Waals surface area contributed by atoms with Crippen molar-refractivity contribution in [1.29, 1.82) is 5.26 Å². The summed E-state index contributed by atoms with van der Waals surface area (Å²) in [5.41, 5.74) is 3.79. The van der Waals surface area contributed by atoms with Gasteiger partial charge in [0.05, 0.1) is 35.6 Å². The lowest BCUT2D eigenvalue weighted by molar-refractivity contribution is 0.0911. The van der Waals surface area contributed by atoms with Crippen molar-refractivity contribution in [2.75, 3.05) is 18.0 Å². The molecule has 0 unspecified atom stereocenters. The van der Waals surface area contributed by atoms with Gasteiger partial charge in [-0.3, -0.25) is 9.47 Å². The predicted octanol–water partition coefficient (Wildman–Crippen LogP) is 2.29. The van der Waals surface area contributed by atoms with Gasteiger partial charge in [-0.1, -0.05) is 13.8 Å². The molecule has 5 rings (SSSR count). The largest absolute Gasteiger partial charge is 0.352 e. The topological polar surface area (TPSA) is 113 Å². The van der Waals surface area contributed by atoms with Crippen LogP contribution in [0.1, 0.15) is 56.7 Å². The molecule has 3 atom stereocenters. The number of aromatic nitrogens is 7.